The number of nitrogens with zero attached hydrogens (tertiary/aromatic N) is 4. The number of ether oxygens (including phenoxy) is 1. The van der Waals surface area contributed by atoms with E-state index in [1.807, 2.05) is 32.0 Å². The number of benzene rings is 1. The molecule has 6 nitrogen and oxygen atoms in total. The Morgan fingerprint density at radius 2 is 2.09 bits per heavy atom. The van der Waals surface area contributed by atoms with Crippen LogP contribution in [-0.2, 0) is 13.2 Å². The van der Waals surface area contributed by atoms with Gasteiger partial charge >= 0.3 is 0 Å². The second-order valence-corrected chi connectivity index (χ2v) is 5.28. The minimum atomic E-state index is 0.299. The predicted molar refractivity (Wildman–Crippen MR) is 80.9 cm³/mol. The van der Waals surface area contributed by atoms with Gasteiger partial charge in [0.2, 0.25) is 5.89 Å². The van der Waals surface area contributed by atoms with Crippen LogP contribution in [0.25, 0.3) is 0 Å². The molecule has 114 valence electrons. The predicted octanol–water partition coefficient (Wildman–Crippen LogP) is 3.16. The maximum Gasteiger partial charge on any atom is 0.216 e. The van der Waals surface area contributed by atoms with Crippen molar-refractivity contribution >= 4 is 11.6 Å². The maximum atomic E-state index is 6.03. The zero-order valence-electron chi connectivity index (χ0n) is 12.3. The highest BCUT2D eigenvalue weighted by molar-refractivity contribution is 6.32. The molecule has 2 heterocycles. The van der Waals surface area contributed by atoms with Crippen LogP contribution in [0.15, 0.2) is 34.9 Å². The molecule has 0 aliphatic carbocycles. The second-order valence-electron chi connectivity index (χ2n) is 4.88. The number of oxazole rings is 1. The van der Waals surface area contributed by atoms with Crippen LogP contribution in [0, 0.1) is 13.8 Å². The van der Waals surface area contributed by atoms with Gasteiger partial charge in [-0.2, -0.15) is 0 Å². The number of halogens is 1. The van der Waals surface area contributed by atoms with E-state index in [2.05, 4.69) is 15.3 Å². The molecule has 0 spiro atoms. The molecular weight excluding hydrogens is 304 g/mol. The summed E-state index contributed by atoms with van der Waals surface area (Å²) in [5.74, 6) is 2.05. The van der Waals surface area contributed by atoms with Gasteiger partial charge in [0, 0.05) is 0 Å². The lowest BCUT2D eigenvalue weighted by Gasteiger charge is -2.04. The van der Waals surface area contributed by atoms with Crippen LogP contribution < -0.4 is 4.74 Å². The molecule has 0 saturated carbocycles. The van der Waals surface area contributed by atoms with Gasteiger partial charge in [-0.3, -0.25) is 0 Å². The highest BCUT2D eigenvalue weighted by atomic mass is 35.5. The van der Waals surface area contributed by atoms with Crippen LogP contribution in [0.4, 0.5) is 0 Å². The van der Waals surface area contributed by atoms with Gasteiger partial charge < -0.3 is 9.15 Å². The number of aryl methyl sites for hydroxylation is 2. The lowest BCUT2D eigenvalue weighted by Crippen LogP contribution is -2.00. The first-order valence-electron chi connectivity index (χ1n) is 6.81. The van der Waals surface area contributed by atoms with Crippen LogP contribution in [0.1, 0.15) is 23.0 Å². The van der Waals surface area contributed by atoms with Crippen molar-refractivity contribution in [2.75, 3.05) is 0 Å². The van der Waals surface area contributed by atoms with Crippen molar-refractivity contribution in [1.29, 1.82) is 0 Å². The molecule has 0 N–H and O–H groups in total. The molecule has 0 saturated heterocycles. The zero-order chi connectivity index (χ0) is 15.5. The van der Waals surface area contributed by atoms with E-state index >= 15 is 0 Å². The molecule has 1 aromatic carbocycles. The van der Waals surface area contributed by atoms with Gasteiger partial charge in [0.05, 0.1) is 16.9 Å². The number of para-hydroxylation sites is 1. The first kappa shape index (κ1) is 14.6. The summed E-state index contributed by atoms with van der Waals surface area (Å²) in [7, 11) is 0. The Morgan fingerprint density at radius 3 is 2.82 bits per heavy atom. The summed E-state index contributed by atoms with van der Waals surface area (Å²) >= 11 is 6.03. The monoisotopic (exact) mass is 318 g/mol. The third-order valence-corrected chi connectivity index (χ3v) is 3.48. The van der Waals surface area contributed by atoms with Gasteiger partial charge in [0.15, 0.2) is 0 Å². The Kier molecular flexibility index (Phi) is 4.11. The van der Waals surface area contributed by atoms with Crippen LogP contribution in [0.3, 0.4) is 0 Å². The van der Waals surface area contributed by atoms with Crippen LogP contribution in [0.2, 0.25) is 5.02 Å². The summed E-state index contributed by atoms with van der Waals surface area (Å²) in [4.78, 5) is 4.32. The fourth-order valence-corrected chi connectivity index (χ4v) is 2.13. The average molecular weight is 319 g/mol. The topological polar surface area (TPSA) is 66.0 Å². The molecule has 0 aliphatic rings. The molecule has 0 aliphatic heterocycles. The quantitative estimate of drug-likeness (QED) is 0.723. The summed E-state index contributed by atoms with van der Waals surface area (Å²) in [6.45, 7) is 4.53. The summed E-state index contributed by atoms with van der Waals surface area (Å²) < 4.78 is 12.8. The Bertz CT molecular complexity index is 762. The minimum Gasteiger partial charge on any atom is -0.486 e. The van der Waals surface area contributed by atoms with Gasteiger partial charge in [-0.25, -0.2) is 9.67 Å². The smallest absolute Gasteiger partial charge is 0.216 e. The van der Waals surface area contributed by atoms with Gasteiger partial charge in [-0.15, -0.1) is 5.10 Å². The number of rotatable bonds is 5. The van der Waals surface area contributed by atoms with Crippen molar-refractivity contribution in [2.45, 2.75) is 27.0 Å². The van der Waals surface area contributed by atoms with E-state index in [1.54, 1.807) is 16.9 Å². The Labute approximate surface area is 132 Å². The van der Waals surface area contributed by atoms with Crippen molar-refractivity contribution < 1.29 is 9.15 Å². The largest absolute Gasteiger partial charge is 0.486 e. The van der Waals surface area contributed by atoms with Crippen molar-refractivity contribution in [2.24, 2.45) is 0 Å². The fourth-order valence-electron chi connectivity index (χ4n) is 1.94. The van der Waals surface area contributed by atoms with E-state index in [0.29, 0.717) is 35.5 Å². The van der Waals surface area contributed by atoms with E-state index in [1.165, 1.54) is 0 Å². The van der Waals surface area contributed by atoms with Crippen LogP contribution in [-0.4, -0.2) is 20.0 Å². The molecule has 2 aromatic heterocycles. The van der Waals surface area contributed by atoms with Gasteiger partial charge in [-0.1, -0.05) is 28.9 Å². The molecule has 7 heteroatoms. The van der Waals surface area contributed by atoms with Gasteiger partial charge in [0.25, 0.3) is 0 Å². The van der Waals surface area contributed by atoms with Crippen molar-refractivity contribution in [3.63, 3.8) is 0 Å². The van der Waals surface area contributed by atoms with E-state index in [-0.39, 0.29) is 0 Å². The third kappa shape index (κ3) is 3.28. The standard InChI is InChI=1S/C15H15ClN4O2/c1-10-11(2)22-15(17-10)8-20-7-12(18-19-20)9-21-14-6-4-3-5-13(14)16/h3-7H,8-9H2,1-2H3. The average Bonchev–Trinajstić information content (AvgIpc) is 3.06. The lowest BCUT2D eigenvalue weighted by molar-refractivity contribution is 0.301. The Morgan fingerprint density at radius 1 is 1.27 bits per heavy atom. The molecule has 0 bridgehead atoms. The van der Waals surface area contributed by atoms with Crippen LogP contribution >= 0.6 is 11.6 Å². The van der Waals surface area contributed by atoms with Crippen molar-refractivity contribution in [3.05, 3.63) is 58.5 Å². The minimum absolute atomic E-state index is 0.299. The first-order valence-corrected chi connectivity index (χ1v) is 7.19. The van der Waals surface area contributed by atoms with E-state index in [9.17, 15) is 0 Å². The molecule has 0 unspecified atom stereocenters. The summed E-state index contributed by atoms with van der Waals surface area (Å²) in [5.41, 5.74) is 1.59. The Hall–Kier alpha value is -2.34. The molecular formula is C15H15ClN4O2. The zero-order valence-corrected chi connectivity index (χ0v) is 13.0. The molecule has 3 rings (SSSR count). The van der Waals surface area contributed by atoms with Crippen LogP contribution in [0.5, 0.6) is 5.75 Å². The summed E-state index contributed by atoms with van der Waals surface area (Å²) in [6.07, 6.45) is 1.80. The number of aromatic nitrogens is 4. The van der Waals surface area contributed by atoms with Crippen molar-refractivity contribution in [3.8, 4) is 5.75 Å². The van der Waals surface area contributed by atoms with E-state index in [4.69, 9.17) is 20.8 Å². The number of hydrogen-bond donors (Lipinski definition) is 0. The van der Waals surface area contributed by atoms with E-state index < -0.39 is 0 Å². The molecule has 3 aromatic rings. The summed E-state index contributed by atoms with van der Waals surface area (Å²) in [5, 5.41) is 8.67. The normalized spacial score (nSPS) is 10.9. The molecule has 0 radical (unpaired) electrons. The van der Waals surface area contributed by atoms with E-state index in [0.717, 1.165) is 11.5 Å². The first-order chi connectivity index (χ1) is 10.6. The SMILES string of the molecule is Cc1nc(Cn2cc(COc3ccccc3Cl)nn2)oc1C. The maximum absolute atomic E-state index is 6.03. The highest BCUT2D eigenvalue weighted by Gasteiger charge is 2.09. The lowest BCUT2D eigenvalue weighted by atomic mass is 10.3. The third-order valence-electron chi connectivity index (χ3n) is 3.17. The summed E-state index contributed by atoms with van der Waals surface area (Å²) in [6, 6.07) is 7.31. The van der Waals surface area contributed by atoms with Gasteiger partial charge in [-0.05, 0) is 26.0 Å². The fraction of sp³-hybridized carbons (Fsp3) is 0.267. The molecule has 0 fully saturated rings. The highest BCUT2D eigenvalue weighted by Crippen LogP contribution is 2.23. The van der Waals surface area contributed by atoms with Gasteiger partial charge in [0.1, 0.15) is 30.4 Å². The number of hydrogen-bond acceptors (Lipinski definition) is 5. The Balaban J connectivity index is 1.63. The molecule has 0 atom stereocenters. The molecule has 0 amide bonds. The molecule has 22 heavy (non-hydrogen) atoms. The second kappa shape index (κ2) is 6.19. The van der Waals surface area contributed by atoms with Crippen molar-refractivity contribution in [1.82, 2.24) is 20.0 Å².